The molecule has 19 heavy (non-hydrogen) atoms. The lowest BCUT2D eigenvalue weighted by Gasteiger charge is -2.36. The predicted octanol–water partition coefficient (Wildman–Crippen LogP) is 1.84. The number of carbonyl (C=O) groups excluding carboxylic acids is 1. The third kappa shape index (κ3) is 3.88. The van der Waals surface area contributed by atoms with Crippen molar-refractivity contribution in [3.8, 4) is 0 Å². The molecule has 1 aromatic heterocycles. The third-order valence-electron chi connectivity index (χ3n) is 3.26. The van der Waals surface area contributed by atoms with E-state index in [0.717, 1.165) is 19.3 Å². The highest BCUT2D eigenvalue weighted by Gasteiger charge is 2.35. The number of urea groups is 1. The minimum absolute atomic E-state index is 0.0451. The molecule has 0 saturated heterocycles. The number of anilines is 1. The van der Waals surface area contributed by atoms with Crippen LogP contribution in [0, 0.1) is 0 Å². The number of rotatable bonds is 4. The SMILES string of the molecule is O=C(O)CC1(NC(=O)Nc2nncs2)CCCCC1. The van der Waals surface area contributed by atoms with E-state index in [9.17, 15) is 9.59 Å². The fourth-order valence-electron chi connectivity index (χ4n) is 2.46. The Morgan fingerprint density at radius 2 is 2.11 bits per heavy atom. The Bertz CT molecular complexity index is 443. The van der Waals surface area contributed by atoms with Crippen LogP contribution < -0.4 is 10.6 Å². The molecule has 7 nitrogen and oxygen atoms in total. The van der Waals surface area contributed by atoms with Crippen LogP contribution in [0.1, 0.15) is 38.5 Å². The average Bonchev–Trinajstić information content (AvgIpc) is 2.81. The number of nitrogens with one attached hydrogen (secondary N) is 2. The summed E-state index contributed by atoms with van der Waals surface area (Å²) in [4.78, 5) is 22.9. The number of hydrogen-bond acceptors (Lipinski definition) is 5. The minimum atomic E-state index is -0.891. The Labute approximate surface area is 114 Å². The largest absolute Gasteiger partial charge is 0.481 e. The van der Waals surface area contributed by atoms with Crippen molar-refractivity contribution < 1.29 is 14.7 Å². The van der Waals surface area contributed by atoms with Crippen molar-refractivity contribution in [1.82, 2.24) is 15.5 Å². The van der Waals surface area contributed by atoms with Gasteiger partial charge < -0.3 is 10.4 Å². The van der Waals surface area contributed by atoms with Crippen LogP contribution in [0.3, 0.4) is 0 Å². The lowest BCUT2D eigenvalue weighted by atomic mass is 9.79. The van der Waals surface area contributed by atoms with Gasteiger partial charge >= 0.3 is 12.0 Å². The van der Waals surface area contributed by atoms with Gasteiger partial charge in [-0.1, -0.05) is 30.6 Å². The van der Waals surface area contributed by atoms with Gasteiger partial charge in [-0.2, -0.15) is 0 Å². The molecule has 0 bridgehead atoms. The first-order valence-corrected chi connectivity index (χ1v) is 7.05. The molecule has 0 aromatic carbocycles. The van der Waals surface area contributed by atoms with E-state index >= 15 is 0 Å². The van der Waals surface area contributed by atoms with Crippen LogP contribution in [0.2, 0.25) is 0 Å². The zero-order valence-electron chi connectivity index (χ0n) is 10.4. The molecule has 0 spiro atoms. The molecule has 0 unspecified atom stereocenters. The maximum atomic E-state index is 11.9. The van der Waals surface area contributed by atoms with Crippen LogP contribution in [0.5, 0.6) is 0 Å². The molecule has 1 heterocycles. The molecule has 1 aromatic rings. The van der Waals surface area contributed by atoms with E-state index in [-0.39, 0.29) is 6.42 Å². The summed E-state index contributed by atoms with van der Waals surface area (Å²) in [6.07, 6.45) is 4.31. The molecule has 1 saturated carbocycles. The van der Waals surface area contributed by atoms with Gasteiger partial charge in [0.25, 0.3) is 0 Å². The molecule has 0 atom stereocenters. The molecule has 2 amide bonds. The Balaban J connectivity index is 1.98. The minimum Gasteiger partial charge on any atom is -0.481 e. The molecular weight excluding hydrogens is 268 g/mol. The fraction of sp³-hybridized carbons (Fsp3) is 0.636. The van der Waals surface area contributed by atoms with E-state index in [1.54, 1.807) is 0 Å². The number of amides is 2. The van der Waals surface area contributed by atoms with Crippen molar-refractivity contribution >= 4 is 28.5 Å². The van der Waals surface area contributed by atoms with Gasteiger partial charge in [-0.05, 0) is 12.8 Å². The van der Waals surface area contributed by atoms with Crippen molar-refractivity contribution in [2.45, 2.75) is 44.1 Å². The first-order valence-electron chi connectivity index (χ1n) is 6.17. The zero-order valence-corrected chi connectivity index (χ0v) is 11.2. The van der Waals surface area contributed by atoms with Gasteiger partial charge in [-0.25, -0.2) is 4.79 Å². The number of nitrogens with zero attached hydrogens (tertiary/aromatic N) is 2. The molecular formula is C11H16N4O3S. The van der Waals surface area contributed by atoms with Crippen molar-refractivity contribution in [1.29, 1.82) is 0 Å². The van der Waals surface area contributed by atoms with E-state index < -0.39 is 17.5 Å². The molecule has 1 fully saturated rings. The maximum absolute atomic E-state index is 11.9. The standard InChI is InChI=1S/C11H16N4O3S/c16-8(17)6-11(4-2-1-3-5-11)14-9(18)13-10-15-12-7-19-10/h7H,1-6H2,(H,16,17)(H2,13,14,15,18). The van der Waals surface area contributed by atoms with Crippen LogP contribution in [0.4, 0.5) is 9.93 Å². The van der Waals surface area contributed by atoms with Crippen LogP contribution in [-0.4, -0.2) is 32.8 Å². The van der Waals surface area contributed by atoms with Crippen LogP contribution >= 0.6 is 11.3 Å². The summed E-state index contributed by atoms with van der Waals surface area (Å²) in [7, 11) is 0. The topological polar surface area (TPSA) is 104 Å². The normalized spacial score (nSPS) is 17.7. The molecule has 1 aliphatic carbocycles. The lowest BCUT2D eigenvalue weighted by Crippen LogP contribution is -2.52. The van der Waals surface area contributed by atoms with Crippen LogP contribution in [0.15, 0.2) is 5.51 Å². The lowest BCUT2D eigenvalue weighted by molar-refractivity contribution is -0.138. The quantitative estimate of drug-likeness (QED) is 0.782. The Hall–Kier alpha value is -1.70. The van der Waals surface area contributed by atoms with E-state index in [0.29, 0.717) is 18.0 Å². The summed E-state index contributed by atoms with van der Waals surface area (Å²) in [6.45, 7) is 0. The molecule has 0 aliphatic heterocycles. The van der Waals surface area contributed by atoms with Gasteiger partial charge in [0.1, 0.15) is 5.51 Å². The zero-order chi connectivity index (χ0) is 13.7. The molecule has 104 valence electrons. The van der Waals surface area contributed by atoms with E-state index in [1.807, 2.05) is 0 Å². The first kappa shape index (κ1) is 13.7. The molecule has 2 rings (SSSR count). The van der Waals surface area contributed by atoms with Gasteiger partial charge in [0.05, 0.1) is 12.0 Å². The molecule has 8 heteroatoms. The number of hydrogen-bond donors (Lipinski definition) is 3. The maximum Gasteiger partial charge on any atom is 0.321 e. The monoisotopic (exact) mass is 284 g/mol. The summed E-state index contributed by atoms with van der Waals surface area (Å²) in [5, 5.41) is 22.1. The molecule has 3 N–H and O–H groups in total. The number of carbonyl (C=O) groups is 2. The first-order chi connectivity index (χ1) is 9.10. The van der Waals surface area contributed by atoms with Gasteiger partial charge in [0, 0.05) is 0 Å². The number of aliphatic carboxylic acids is 1. The summed E-state index contributed by atoms with van der Waals surface area (Å²) < 4.78 is 0. The highest BCUT2D eigenvalue weighted by Crippen LogP contribution is 2.31. The third-order valence-corrected chi connectivity index (χ3v) is 3.87. The van der Waals surface area contributed by atoms with Crippen molar-refractivity contribution in [3.63, 3.8) is 0 Å². The second kappa shape index (κ2) is 5.96. The van der Waals surface area contributed by atoms with Crippen LogP contribution in [0.25, 0.3) is 0 Å². The van der Waals surface area contributed by atoms with Gasteiger partial charge in [0.2, 0.25) is 5.13 Å². The Morgan fingerprint density at radius 1 is 1.37 bits per heavy atom. The fourth-order valence-corrected chi connectivity index (χ4v) is 2.90. The van der Waals surface area contributed by atoms with E-state index in [1.165, 1.54) is 16.8 Å². The summed E-state index contributed by atoms with van der Waals surface area (Å²) in [5.74, 6) is -0.891. The molecule has 1 aliphatic rings. The van der Waals surface area contributed by atoms with Crippen LogP contribution in [-0.2, 0) is 4.79 Å². The van der Waals surface area contributed by atoms with Gasteiger partial charge in [-0.15, -0.1) is 10.2 Å². The number of carboxylic acids is 1. The average molecular weight is 284 g/mol. The van der Waals surface area contributed by atoms with E-state index in [2.05, 4.69) is 20.8 Å². The second-order valence-corrected chi connectivity index (χ2v) is 5.57. The smallest absolute Gasteiger partial charge is 0.321 e. The molecule has 0 radical (unpaired) electrons. The van der Waals surface area contributed by atoms with Crippen molar-refractivity contribution in [2.24, 2.45) is 0 Å². The second-order valence-electron chi connectivity index (χ2n) is 4.73. The van der Waals surface area contributed by atoms with E-state index in [4.69, 9.17) is 5.11 Å². The number of carboxylic acid groups (broad SMARTS) is 1. The Morgan fingerprint density at radius 3 is 2.68 bits per heavy atom. The Kier molecular flexibility index (Phi) is 4.31. The number of aromatic nitrogens is 2. The highest BCUT2D eigenvalue weighted by atomic mass is 32.1. The van der Waals surface area contributed by atoms with Gasteiger partial charge in [-0.3, -0.25) is 10.1 Å². The summed E-state index contributed by atoms with van der Waals surface area (Å²) >= 11 is 1.22. The predicted molar refractivity (Wildman–Crippen MR) is 70.1 cm³/mol. The van der Waals surface area contributed by atoms with Gasteiger partial charge in [0.15, 0.2) is 0 Å². The highest BCUT2D eigenvalue weighted by molar-refractivity contribution is 7.13. The summed E-state index contributed by atoms with van der Waals surface area (Å²) in [5.41, 5.74) is 0.877. The van der Waals surface area contributed by atoms with Crippen molar-refractivity contribution in [2.75, 3.05) is 5.32 Å². The van der Waals surface area contributed by atoms with Crippen molar-refractivity contribution in [3.05, 3.63) is 5.51 Å². The summed E-state index contributed by atoms with van der Waals surface area (Å²) in [6, 6.07) is -0.417.